The Morgan fingerprint density at radius 3 is 1.90 bits per heavy atom. The molecule has 3 aromatic carbocycles. The first-order valence-electron chi connectivity index (χ1n) is 8.88. The molecule has 30 heavy (non-hydrogen) atoms. The molecule has 1 N–H and O–H groups in total. The van der Waals surface area contributed by atoms with E-state index in [1.165, 1.54) is 48.5 Å². The Bertz CT molecular complexity index is 1240. The number of amides is 1. The smallest absolute Gasteiger partial charge is 0.295 e. The highest BCUT2D eigenvalue weighted by Crippen LogP contribution is 2.44. The van der Waals surface area contributed by atoms with E-state index in [0.717, 1.165) is 29.2 Å². The first-order valence-corrected chi connectivity index (χ1v) is 10.4. The fourth-order valence-electron chi connectivity index (χ4n) is 3.40. The number of carbonyl (C=O) groups excluding carboxylic acids is 1. The van der Waals surface area contributed by atoms with Crippen molar-refractivity contribution in [1.29, 1.82) is 0 Å². The maximum Gasteiger partial charge on any atom is 0.295 e. The Kier molecular flexibility index (Phi) is 4.87. The number of aliphatic hydroxyl groups excluding tert-OH is 1. The van der Waals surface area contributed by atoms with Crippen LogP contribution in [0.2, 0.25) is 0 Å². The van der Waals surface area contributed by atoms with Crippen LogP contribution in [0.4, 0.5) is 14.5 Å². The van der Waals surface area contributed by atoms with Crippen molar-refractivity contribution in [3.63, 3.8) is 0 Å². The highest BCUT2D eigenvalue weighted by atomic mass is 32.2. The molecule has 0 saturated heterocycles. The molecular formula is C22H15F2NO4S. The van der Waals surface area contributed by atoms with E-state index >= 15 is 0 Å². The van der Waals surface area contributed by atoms with Crippen LogP contribution < -0.4 is 4.90 Å². The molecule has 152 valence electrons. The van der Waals surface area contributed by atoms with E-state index in [0.29, 0.717) is 0 Å². The minimum absolute atomic E-state index is 0.104. The van der Waals surface area contributed by atoms with Gasteiger partial charge in [0.25, 0.3) is 5.91 Å². The molecule has 0 aromatic heterocycles. The second kappa shape index (κ2) is 7.38. The number of benzene rings is 3. The minimum Gasteiger partial charge on any atom is -0.502 e. The molecular weight excluding hydrogens is 412 g/mol. The number of nitrogens with zero attached hydrogens (tertiary/aromatic N) is 1. The Balaban J connectivity index is 1.94. The summed E-state index contributed by atoms with van der Waals surface area (Å²) in [7, 11) is -4.28. The van der Waals surface area contributed by atoms with Crippen LogP contribution in [-0.4, -0.2) is 19.4 Å². The van der Waals surface area contributed by atoms with Gasteiger partial charge in [-0.2, -0.15) is 0 Å². The van der Waals surface area contributed by atoms with E-state index in [1.807, 2.05) is 0 Å². The van der Waals surface area contributed by atoms with Gasteiger partial charge in [0.15, 0.2) is 5.76 Å². The molecule has 3 aromatic rings. The van der Waals surface area contributed by atoms with Crippen molar-refractivity contribution >= 4 is 21.4 Å². The van der Waals surface area contributed by atoms with Crippen molar-refractivity contribution in [2.75, 3.05) is 4.90 Å². The van der Waals surface area contributed by atoms with Gasteiger partial charge in [-0.3, -0.25) is 9.69 Å². The van der Waals surface area contributed by atoms with Crippen molar-refractivity contribution in [2.24, 2.45) is 0 Å². The van der Waals surface area contributed by atoms with Crippen LogP contribution in [-0.2, 0) is 14.6 Å². The van der Waals surface area contributed by atoms with E-state index in [2.05, 4.69) is 0 Å². The topological polar surface area (TPSA) is 74.7 Å². The Labute approximate surface area is 171 Å². The largest absolute Gasteiger partial charge is 0.502 e. The predicted molar refractivity (Wildman–Crippen MR) is 106 cm³/mol. The second-order valence-corrected chi connectivity index (χ2v) is 8.55. The van der Waals surface area contributed by atoms with Crippen LogP contribution >= 0.6 is 0 Å². The molecule has 0 unspecified atom stereocenters. The molecule has 1 aliphatic heterocycles. The van der Waals surface area contributed by atoms with E-state index in [-0.39, 0.29) is 16.1 Å². The maximum atomic E-state index is 13.5. The number of anilines is 1. The summed E-state index contributed by atoms with van der Waals surface area (Å²) in [6.45, 7) is 0. The monoisotopic (exact) mass is 427 g/mol. The number of hydrogen-bond acceptors (Lipinski definition) is 4. The zero-order valence-electron chi connectivity index (χ0n) is 15.4. The molecule has 1 amide bonds. The summed E-state index contributed by atoms with van der Waals surface area (Å²) in [6.07, 6.45) is 0. The Hall–Kier alpha value is -3.52. The Morgan fingerprint density at radius 1 is 0.800 bits per heavy atom. The lowest BCUT2D eigenvalue weighted by molar-refractivity contribution is -0.117. The van der Waals surface area contributed by atoms with Crippen molar-refractivity contribution < 1.29 is 27.1 Å². The van der Waals surface area contributed by atoms with Crippen LogP contribution in [0.1, 0.15) is 11.6 Å². The lowest BCUT2D eigenvalue weighted by Crippen LogP contribution is -2.31. The summed E-state index contributed by atoms with van der Waals surface area (Å²) >= 11 is 0. The third-order valence-electron chi connectivity index (χ3n) is 4.79. The maximum absolute atomic E-state index is 13.5. The van der Waals surface area contributed by atoms with Gasteiger partial charge in [-0.15, -0.1) is 0 Å². The predicted octanol–water partition coefficient (Wildman–Crippen LogP) is 4.30. The zero-order valence-corrected chi connectivity index (χ0v) is 16.2. The molecule has 4 rings (SSSR count). The minimum atomic E-state index is -4.28. The molecule has 1 heterocycles. The van der Waals surface area contributed by atoms with Crippen LogP contribution in [0.3, 0.4) is 0 Å². The summed E-state index contributed by atoms with van der Waals surface area (Å²) in [6, 6.07) is 15.9. The summed E-state index contributed by atoms with van der Waals surface area (Å²) in [5.74, 6) is -2.97. The third-order valence-corrected chi connectivity index (χ3v) is 6.68. The van der Waals surface area contributed by atoms with Gasteiger partial charge in [0.1, 0.15) is 22.6 Å². The van der Waals surface area contributed by atoms with Gasteiger partial charge >= 0.3 is 0 Å². The molecule has 0 radical (unpaired) electrons. The molecule has 8 heteroatoms. The molecule has 0 bridgehead atoms. The average molecular weight is 427 g/mol. The summed E-state index contributed by atoms with van der Waals surface area (Å²) in [5, 5.41) is 10.6. The van der Waals surface area contributed by atoms with Crippen molar-refractivity contribution in [3.8, 4) is 0 Å². The molecule has 0 saturated carbocycles. The van der Waals surface area contributed by atoms with Gasteiger partial charge in [0.05, 0.1) is 4.90 Å². The van der Waals surface area contributed by atoms with Gasteiger partial charge in [0, 0.05) is 5.69 Å². The number of sulfone groups is 1. The zero-order chi connectivity index (χ0) is 21.5. The molecule has 0 fully saturated rings. The molecule has 5 nitrogen and oxygen atoms in total. The molecule has 1 aliphatic rings. The standard InChI is InChI=1S/C22H15F2NO4S/c23-15-8-6-14(7-9-15)19-21(30(28,29)18-4-2-1-3-5-18)20(26)22(27)25(19)17-12-10-16(24)11-13-17/h1-13,19,26H/t19-/m0/s1. The third kappa shape index (κ3) is 3.25. The summed E-state index contributed by atoms with van der Waals surface area (Å²) in [4.78, 5) is 13.3. The first-order chi connectivity index (χ1) is 14.3. The van der Waals surface area contributed by atoms with Gasteiger partial charge in [0.2, 0.25) is 9.84 Å². The average Bonchev–Trinajstić information content (AvgIpc) is 3.01. The number of rotatable bonds is 4. The SMILES string of the molecule is O=C1C(O)=C(S(=O)(=O)c2ccccc2)[C@H](c2ccc(F)cc2)N1c1ccc(F)cc1. The fraction of sp³-hybridized carbons (Fsp3) is 0.0455. The normalized spacial score (nSPS) is 16.9. The van der Waals surface area contributed by atoms with Crippen molar-refractivity contribution in [2.45, 2.75) is 10.9 Å². The fourth-order valence-corrected chi connectivity index (χ4v) is 5.04. The van der Waals surface area contributed by atoms with Crippen LogP contribution in [0.25, 0.3) is 0 Å². The highest BCUT2D eigenvalue weighted by molar-refractivity contribution is 7.95. The number of carbonyl (C=O) groups is 1. The van der Waals surface area contributed by atoms with Gasteiger partial charge < -0.3 is 5.11 Å². The highest BCUT2D eigenvalue weighted by Gasteiger charge is 2.47. The first kappa shape index (κ1) is 19.8. The summed E-state index contributed by atoms with van der Waals surface area (Å²) in [5.41, 5.74) is 0.452. The number of hydrogen-bond donors (Lipinski definition) is 1. The van der Waals surface area contributed by atoms with Crippen molar-refractivity contribution in [1.82, 2.24) is 0 Å². The molecule has 1 atom stereocenters. The van der Waals surface area contributed by atoms with Gasteiger partial charge in [-0.05, 0) is 54.1 Å². The lowest BCUT2D eigenvalue weighted by Gasteiger charge is -2.27. The Morgan fingerprint density at radius 2 is 1.33 bits per heavy atom. The van der Waals surface area contributed by atoms with Crippen LogP contribution in [0.5, 0.6) is 0 Å². The van der Waals surface area contributed by atoms with E-state index in [1.54, 1.807) is 6.07 Å². The van der Waals surface area contributed by atoms with Crippen LogP contribution in [0.15, 0.2) is 94.4 Å². The van der Waals surface area contributed by atoms with E-state index in [9.17, 15) is 27.1 Å². The molecule has 0 aliphatic carbocycles. The number of aliphatic hydroxyl groups is 1. The van der Waals surface area contributed by atoms with Gasteiger partial charge in [-0.1, -0.05) is 30.3 Å². The van der Waals surface area contributed by atoms with Crippen molar-refractivity contribution in [3.05, 3.63) is 107 Å². The summed E-state index contributed by atoms with van der Waals surface area (Å²) < 4.78 is 53.6. The lowest BCUT2D eigenvalue weighted by atomic mass is 10.1. The second-order valence-electron chi connectivity index (χ2n) is 6.64. The van der Waals surface area contributed by atoms with E-state index in [4.69, 9.17) is 0 Å². The van der Waals surface area contributed by atoms with Crippen LogP contribution in [0, 0.1) is 11.6 Å². The van der Waals surface area contributed by atoms with E-state index < -0.39 is 44.1 Å². The molecule has 0 spiro atoms. The number of halogens is 2. The quantitative estimate of drug-likeness (QED) is 0.674. The van der Waals surface area contributed by atoms with Gasteiger partial charge in [-0.25, -0.2) is 17.2 Å².